The first-order valence-corrected chi connectivity index (χ1v) is 9.04. The lowest BCUT2D eigenvalue weighted by molar-refractivity contribution is -0.127. The Balaban J connectivity index is 0.00000225. The van der Waals surface area contributed by atoms with Crippen molar-refractivity contribution < 1.29 is 13.9 Å². The molecule has 0 saturated carbocycles. The first kappa shape index (κ1) is 20.1. The predicted octanol–water partition coefficient (Wildman–Crippen LogP) is 3.77. The lowest BCUT2D eigenvalue weighted by Gasteiger charge is -2.27. The van der Waals surface area contributed by atoms with E-state index in [-0.39, 0.29) is 42.7 Å². The van der Waals surface area contributed by atoms with Crippen LogP contribution >= 0.6 is 12.4 Å². The summed E-state index contributed by atoms with van der Waals surface area (Å²) in [7, 11) is 0. The summed E-state index contributed by atoms with van der Waals surface area (Å²) in [6.45, 7) is 0.572. The predicted molar refractivity (Wildman–Crippen MR) is 110 cm³/mol. The minimum absolute atomic E-state index is 0. The third-order valence-electron chi connectivity index (χ3n) is 5.03. The van der Waals surface area contributed by atoms with Crippen LogP contribution in [0.1, 0.15) is 17.2 Å². The van der Waals surface area contributed by atoms with E-state index in [1.807, 2.05) is 36.4 Å². The fraction of sp³-hybridized carbons (Fsp3) is 0.227. The molecule has 2 unspecified atom stereocenters. The SMILES string of the molecule is Cl.NCC(NC(=O)C1COc2ccc(F)cc2C1)c1ccc2ccccc2c1. The Morgan fingerprint density at radius 2 is 1.93 bits per heavy atom. The average molecular weight is 401 g/mol. The van der Waals surface area contributed by atoms with Gasteiger partial charge in [0, 0.05) is 6.54 Å². The maximum atomic E-state index is 13.5. The van der Waals surface area contributed by atoms with Gasteiger partial charge in [-0.1, -0.05) is 36.4 Å². The van der Waals surface area contributed by atoms with Crippen molar-refractivity contribution in [2.75, 3.05) is 13.2 Å². The molecule has 4 nitrogen and oxygen atoms in total. The zero-order valence-corrected chi connectivity index (χ0v) is 16.0. The van der Waals surface area contributed by atoms with Gasteiger partial charge < -0.3 is 15.8 Å². The van der Waals surface area contributed by atoms with Gasteiger partial charge in [-0.3, -0.25) is 4.79 Å². The van der Waals surface area contributed by atoms with Crippen LogP contribution in [0, 0.1) is 11.7 Å². The first-order valence-electron chi connectivity index (χ1n) is 9.04. The van der Waals surface area contributed by atoms with E-state index in [1.54, 1.807) is 6.07 Å². The molecule has 0 radical (unpaired) electrons. The highest BCUT2D eigenvalue weighted by atomic mass is 35.5. The van der Waals surface area contributed by atoms with Crippen molar-refractivity contribution in [3.05, 3.63) is 77.6 Å². The maximum Gasteiger partial charge on any atom is 0.227 e. The van der Waals surface area contributed by atoms with Gasteiger partial charge in [0.2, 0.25) is 5.91 Å². The number of ether oxygens (including phenoxy) is 1. The summed E-state index contributed by atoms with van der Waals surface area (Å²) in [5.41, 5.74) is 7.61. The monoisotopic (exact) mass is 400 g/mol. The van der Waals surface area contributed by atoms with Crippen molar-refractivity contribution in [2.24, 2.45) is 11.7 Å². The second-order valence-electron chi connectivity index (χ2n) is 6.87. The molecule has 0 saturated heterocycles. The summed E-state index contributed by atoms with van der Waals surface area (Å²) >= 11 is 0. The van der Waals surface area contributed by atoms with Crippen LogP contribution in [0.2, 0.25) is 0 Å². The molecule has 1 aliphatic heterocycles. The highest BCUT2D eigenvalue weighted by molar-refractivity contribution is 5.85. The zero-order chi connectivity index (χ0) is 18.8. The third kappa shape index (κ3) is 4.11. The van der Waals surface area contributed by atoms with Crippen molar-refractivity contribution in [3.8, 4) is 5.75 Å². The number of hydrogen-bond donors (Lipinski definition) is 2. The summed E-state index contributed by atoms with van der Waals surface area (Å²) < 4.78 is 19.1. The van der Waals surface area contributed by atoms with Crippen LogP contribution in [-0.2, 0) is 11.2 Å². The van der Waals surface area contributed by atoms with Gasteiger partial charge in [0.15, 0.2) is 0 Å². The number of benzene rings is 3. The number of carbonyl (C=O) groups excluding carboxylic acids is 1. The van der Waals surface area contributed by atoms with Crippen molar-refractivity contribution in [1.29, 1.82) is 0 Å². The Morgan fingerprint density at radius 1 is 1.14 bits per heavy atom. The molecule has 0 fully saturated rings. The van der Waals surface area contributed by atoms with Gasteiger partial charge >= 0.3 is 0 Å². The molecular weight excluding hydrogens is 379 g/mol. The van der Waals surface area contributed by atoms with E-state index >= 15 is 0 Å². The standard InChI is InChI=1S/C22H21FN2O2.ClH/c23-19-7-8-21-17(11-19)10-18(13-27-21)22(26)25-20(12-24)16-6-5-14-3-1-2-4-15(14)9-16;/h1-9,11,18,20H,10,12-13,24H2,(H,25,26);1H. The summed E-state index contributed by atoms with van der Waals surface area (Å²) in [4.78, 5) is 12.8. The highest BCUT2D eigenvalue weighted by Crippen LogP contribution is 2.28. The molecule has 0 aromatic heterocycles. The van der Waals surface area contributed by atoms with Crippen LogP contribution in [-0.4, -0.2) is 19.1 Å². The molecule has 4 rings (SSSR count). The van der Waals surface area contributed by atoms with E-state index in [0.717, 1.165) is 21.9 Å². The number of rotatable bonds is 4. The number of nitrogens with two attached hydrogens (primary N) is 1. The molecule has 3 aromatic rings. The van der Waals surface area contributed by atoms with Crippen LogP contribution in [0.3, 0.4) is 0 Å². The molecule has 6 heteroatoms. The normalized spacial score (nSPS) is 16.4. The Hall–Kier alpha value is -2.63. The van der Waals surface area contributed by atoms with Crippen molar-refractivity contribution in [2.45, 2.75) is 12.5 Å². The molecule has 0 aliphatic carbocycles. The van der Waals surface area contributed by atoms with Crippen LogP contribution in [0.5, 0.6) is 5.75 Å². The lowest BCUT2D eigenvalue weighted by Crippen LogP contribution is -2.41. The van der Waals surface area contributed by atoms with Crippen molar-refractivity contribution >= 4 is 29.1 Å². The summed E-state index contributed by atoms with van der Waals surface area (Å²) in [6.07, 6.45) is 0.452. The van der Waals surface area contributed by atoms with E-state index in [9.17, 15) is 9.18 Å². The molecule has 0 spiro atoms. The van der Waals surface area contributed by atoms with E-state index in [1.165, 1.54) is 12.1 Å². The largest absolute Gasteiger partial charge is 0.492 e. The van der Waals surface area contributed by atoms with Gasteiger partial charge in [-0.2, -0.15) is 0 Å². The number of amides is 1. The number of carbonyl (C=O) groups is 1. The molecule has 3 aromatic carbocycles. The van der Waals surface area contributed by atoms with E-state index in [2.05, 4.69) is 11.4 Å². The second kappa shape index (κ2) is 8.59. The highest BCUT2D eigenvalue weighted by Gasteiger charge is 2.28. The molecule has 146 valence electrons. The summed E-state index contributed by atoms with van der Waals surface area (Å²) in [5.74, 6) is -0.179. The fourth-order valence-electron chi connectivity index (χ4n) is 3.52. The molecule has 1 amide bonds. The molecule has 2 atom stereocenters. The van der Waals surface area contributed by atoms with Gasteiger partial charge in [-0.25, -0.2) is 4.39 Å². The Kier molecular flexibility index (Phi) is 6.17. The van der Waals surface area contributed by atoms with Gasteiger partial charge in [0.05, 0.1) is 12.0 Å². The molecule has 1 aliphatic rings. The molecule has 28 heavy (non-hydrogen) atoms. The molecule has 1 heterocycles. The number of halogens is 2. The minimum atomic E-state index is -0.367. The number of nitrogens with one attached hydrogen (secondary N) is 1. The van der Waals surface area contributed by atoms with Crippen LogP contribution in [0.15, 0.2) is 60.7 Å². The van der Waals surface area contributed by atoms with Crippen LogP contribution in [0.4, 0.5) is 4.39 Å². The van der Waals surface area contributed by atoms with Crippen molar-refractivity contribution in [1.82, 2.24) is 5.32 Å². The molecule has 3 N–H and O–H groups in total. The zero-order valence-electron chi connectivity index (χ0n) is 15.2. The Bertz CT molecular complexity index is 995. The van der Waals surface area contributed by atoms with E-state index in [4.69, 9.17) is 10.5 Å². The lowest BCUT2D eigenvalue weighted by atomic mass is 9.95. The van der Waals surface area contributed by atoms with E-state index in [0.29, 0.717) is 18.7 Å². The number of hydrogen-bond acceptors (Lipinski definition) is 3. The second-order valence-corrected chi connectivity index (χ2v) is 6.87. The van der Waals surface area contributed by atoms with Crippen molar-refractivity contribution in [3.63, 3.8) is 0 Å². The number of fused-ring (bicyclic) bond motifs is 2. The Labute approximate surface area is 169 Å². The first-order chi connectivity index (χ1) is 13.1. The Morgan fingerprint density at radius 3 is 2.71 bits per heavy atom. The van der Waals surface area contributed by atoms with E-state index < -0.39 is 0 Å². The quantitative estimate of drug-likeness (QED) is 0.700. The smallest absolute Gasteiger partial charge is 0.227 e. The van der Waals surface area contributed by atoms with Gasteiger partial charge in [-0.05, 0) is 52.6 Å². The summed E-state index contributed by atoms with van der Waals surface area (Å²) in [6, 6.07) is 18.3. The molecule has 0 bridgehead atoms. The fourth-order valence-corrected chi connectivity index (χ4v) is 3.52. The molecular formula is C22H22ClFN2O2. The third-order valence-corrected chi connectivity index (χ3v) is 5.03. The van der Waals surface area contributed by atoms with Crippen LogP contribution < -0.4 is 15.8 Å². The van der Waals surface area contributed by atoms with Gasteiger partial charge in [-0.15, -0.1) is 12.4 Å². The summed E-state index contributed by atoms with van der Waals surface area (Å²) in [5, 5.41) is 5.27. The average Bonchev–Trinajstić information content (AvgIpc) is 2.70. The van der Waals surface area contributed by atoms with Gasteiger partial charge in [0.1, 0.15) is 18.2 Å². The maximum absolute atomic E-state index is 13.5. The van der Waals surface area contributed by atoms with Gasteiger partial charge in [0.25, 0.3) is 0 Å². The van der Waals surface area contributed by atoms with Crippen LogP contribution in [0.25, 0.3) is 10.8 Å². The topological polar surface area (TPSA) is 64.3 Å². The minimum Gasteiger partial charge on any atom is -0.492 e.